The Morgan fingerprint density at radius 2 is 1.56 bits per heavy atom. The van der Waals surface area contributed by atoms with Crippen LogP contribution >= 0.6 is 0 Å². The summed E-state index contributed by atoms with van der Waals surface area (Å²) in [7, 11) is 2.03. The van der Waals surface area contributed by atoms with E-state index in [1.54, 1.807) is 0 Å². The second-order valence-electron chi connectivity index (χ2n) is 5.35. The number of hydrogen-bond acceptors (Lipinski definition) is 1. The first-order valence-corrected chi connectivity index (χ1v) is 6.30. The van der Waals surface area contributed by atoms with Crippen LogP contribution in [0.3, 0.4) is 0 Å². The standard InChI is InChI=1S/C15H25N/c1-11(2)10-13-6-8-14(9-7-13)15(16-5)12(3)4/h6-9,11-12,15-16H,10H2,1-5H3. The molecule has 1 aromatic rings. The van der Waals surface area contributed by atoms with E-state index >= 15 is 0 Å². The van der Waals surface area contributed by atoms with Gasteiger partial charge in [-0.2, -0.15) is 0 Å². The van der Waals surface area contributed by atoms with Gasteiger partial charge in [-0.1, -0.05) is 52.0 Å². The molecule has 16 heavy (non-hydrogen) atoms. The van der Waals surface area contributed by atoms with Crippen LogP contribution in [0.4, 0.5) is 0 Å². The topological polar surface area (TPSA) is 12.0 Å². The summed E-state index contributed by atoms with van der Waals surface area (Å²) in [5.41, 5.74) is 2.84. The van der Waals surface area contributed by atoms with Gasteiger partial charge in [-0.15, -0.1) is 0 Å². The molecule has 0 aliphatic carbocycles. The van der Waals surface area contributed by atoms with Crippen molar-refractivity contribution >= 4 is 0 Å². The second kappa shape index (κ2) is 6.05. The van der Waals surface area contributed by atoms with Crippen LogP contribution in [0.5, 0.6) is 0 Å². The average molecular weight is 219 g/mol. The van der Waals surface area contributed by atoms with Gasteiger partial charge in [0, 0.05) is 6.04 Å². The molecule has 0 bridgehead atoms. The molecule has 1 rings (SSSR count). The minimum Gasteiger partial charge on any atom is -0.313 e. The van der Waals surface area contributed by atoms with E-state index in [4.69, 9.17) is 0 Å². The van der Waals surface area contributed by atoms with Crippen molar-refractivity contribution in [1.82, 2.24) is 5.32 Å². The van der Waals surface area contributed by atoms with Crippen molar-refractivity contribution in [2.75, 3.05) is 7.05 Å². The highest BCUT2D eigenvalue weighted by atomic mass is 14.9. The fraction of sp³-hybridized carbons (Fsp3) is 0.600. The predicted octanol–water partition coefficient (Wildman–Crippen LogP) is 3.80. The maximum absolute atomic E-state index is 3.38. The summed E-state index contributed by atoms with van der Waals surface area (Å²) < 4.78 is 0. The molecule has 0 heterocycles. The van der Waals surface area contributed by atoms with Gasteiger partial charge in [0.2, 0.25) is 0 Å². The molecular formula is C15H25N. The molecule has 1 atom stereocenters. The molecule has 0 aliphatic heterocycles. The van der Waals surface area contributed by atoms with Crippen molar-refractivity contribution in [3.63, 3.8) is 0 Å². The molecule has 0 saturated carbocycles. The van der Waals surface area contributed by atoms with E-state index in [9.17, 15) is 0 Å². The number of benzene rings is 1. The van der Waals surface area contributed by atoms with Gasteiger partial charge < -0.3 is 5.32 Å². The Kier molecular flexibility index (Phi) is 5.01. The normalized spacial score (nSPS) is 13.4. The highest BCUT2D eigenvalue weighted by Gasteiger charge is 2.12. The van der Waals surface area contributed by atoms with Crippen molar-refractivity contribution in [2.45, 2.75) is 40.2 Å². The molecule has 0 aromatic heterocycles. The van der Waals surface area contributed by atoms with Gasteiger partial charge >= 0.3 is 0 Å². The van der Waals surface area contributed by atoms with E-state index in [2.05, 4.69) is 57.3 Å². The van der Waals surface area contributed by atoms with Gasteiger partial charge in [0.05, 0.1) is 0 Å². The van der Waals surface area contributed by atoms with Crippen LogP contribution in [-0.4, -0.2) is 7.05 Å². The quantitative estimate of drug-likeness (QED) is 0.794. The van der Waals surface area contributed by atoms with Gasteiger partial charge in [-0.3, -0.25) is 0 Å². The minimum absolute atomic E-state index is 0.466. The summed E-state index contributed by atoms with van der Waals surface area (Å²) in [6, 6.07) is 9.52. The third-order valence-electron chi connectivity index (χ3n) is 2.96. The summed E-state index contributed by atoms with van der Waals surface area (Å²) in [5.74, 6) is 1.36. The lowest BCUT2D eigenvalue weighted by Crippen LogP contribution is -2.21. The molecule has 1 unspecified atom stereocenters. The maximum atomic E-state index is 3.38. The van der Waals surface area contributed by atoms with Crippen molar-refractivity contribution < 1.29 is 0 Å². The number of rotatable bonds is 5. The lowest BCUT2D eigenvalue weighted by Gasteiger charge is -2.21. The monoisotopic (exact) mass is 219 g/mol. The van der Waals surface area contributed by atoms with Crippen LogP contribution in [-0.2, 0) is 6.42 Å². The fourth-order valence-corrected chi connectivity index (χ4v) is 2.22. The van der Waals surface area contributed by atoms with Crippen LogP contribution < -0.4 is 5.32 Å². The summed E-state index contributed by atoms with van der Waals surface area (Å²) in [5, 5.41) is 3.38. The Labute approximate surface area is 100 Å². The lowest BCUT2D eigenvalue weighted by molar-refractivity contribution is 0.443. The molecule has 0 radical (unpaired) electrons. The molecule has 0 amide bonds. The largest absolute Gasteiger partial charge is 0.313 e. The summed E-state index contributed by atoms with van der Waals surface area (Å²) in [6.07, 6.45) is 1.17. The summed E-state index contributed by atoms with van der Waals surface area (Å²) >= 11 is 0. The lowest BCUT2D eigenvalue weighted by atomic mass is 9.94. The first kappa shape index (κ1) is 13.2. The third-order valence-corrected chi connectivity index (χ3v) is 2.96. The molecule has 0 saturated heterocycles. The van der Waals surface area contributed by atoms with E-state index in [0.717, 1.165) is 5.92 Å². The zero-order valence-electron chi connectivity index (χ0n) is 11.2. The van der Waals surface area contributed by atoms with E-state index in [1.165, 1.54) is 17.5 Å². The van der Waals surface area contributed by atoms with Crippen LogP contribution in [0.15, 0.2) is 24.3 Å². The second-order valence-corrected chi connectivity index (χ2v) is 5.35. The first-order valence-electron chi connectivity index (χ1n) is 6.30. The molecule has 1 nitrogen and oxygen atoms in total. The summed E-state index contributed by atoms with van der Waals surface area (Å²) in [4.78, 5) is 0. The highest BCUT2D eigenvalue weighted by Crippen LogP contribution is 2.22. The Balaban J connectivity index is 2.77. The highest BCUT2D eigenvalue weighted by molar-refractivity contribution is 5.25. The zero-order chi connectivity index (χ0) is 12.1. The van der Waals surface area contributed by atoms with Crippen LogP contribution in [0.25, 0.3) is 0 Å². The molecule has 1 aromatic carbocycles. The fourth-order valence-electron chi connectivity index (χ4n) is 2.22. The van der Waals surface area contributed by atoms with Gasteiger partial charge in [0.25, 0.3) is 0 Å². The smallest absolute Gasteiger partial charge is 0.0340 e. The van der Waals surface area contributed by atoms with Crippen molar-refractivity contribution in [3.05, 3.63) is 35.4 Å². The molecule has 1 heteroatoms. The van der Waals surface area contributed by atoms with Gasteiger partial charge in [0.1, 0.15) is 0 Å². The van der Waals surface area contributed by atoms with Crippen LogP contribution in [0.2, 0.25) is 0 Å². The Morgan fingerprint density at radius 1 is 1.00 bits per heavy atom. The zero-order valence-corrected chi connectivity index (χ0v) is 11.2. The maximum Gasteiger partial charge on any atom is 0.0340 e. The minimum atomic E-state index is 0.466. The molecule has 0 fully saturated rings. The Hall–Kier alpha value is -0.820. The molecule has 0 spiro atoms. The van der Waals surface area contributed by atoms with Crippen molar-refractivity contribution in [2.24, 2.45) is 11.8 Å². The first-order chi connectivity index (χ1) is 7.54. The van der Waals surface area contributed by atoms with E-state index in [0.29, 0.717) is 12.0 Å². The Bertz CT molecular complexity index is 298. The summed E-state index contributed by atoms with van der Waals surface area (Å²) in [6.45, 7) is 9.03. The van der Waals surface area contributed by atoms with Crippen molar-refractivity contribution in [3.8, 4) is 0 Å². The van der Waals surface area contributed by atoms with Crippen molar-refractivity contribution in [1.29, 1.82) is 0 Å². The molecule has 0 aliphatic rings. The van der Waals surface area contributed by atoms with E-state index in [1.807, 2.05) is 7.05 Å². The van der Waals surface area contributed by atoms with Gasteiger partial charge in [-0.25, -0.2) is 0 Å². The predicted molar refractivity (Wildman–Crippen MR) is 71.6 cm³/mol. The molecule has 90 valence electrons. The Morgan fingerprint density at radius 3 is 1.94 bits per heavy atom. The van der Waals surface area contributed by atoms with Gasteiger partial charge in [-0.05, 0) is 36.4 Å². The number of nitrogens with one attached hydrogen (secondary N) is 1. The SMILES string of the molecule is CNC(c1ccc(CC(C)C)cc1)C(C)C. The number of hydrogen-bond donors (Lipinski definition) is 1. The molecular weight excluding hydrogens is 194 g/mol. The third kappa shape index (κ3) is 3.64. The van der Waals surface area contributed by atoms with E-state index in [-0.39, 0.29) is 0 Å². The molecule has 1 N–H and O–H groups in total. The van der Waals surface area contributed by atoms with Crippen LogP contribution in [0, 0.1) is 11.8 Å². The van der Waals surface area contributed by atoms with Gasteiger partial charge in [0.15, 0.2) is 0 Å². The van der Waals surface area contributed by atoms with E-state index < -0.39 is 0 Å². The average Bonchev–Trinajstić information content (AvgIpc) is 2.20. The van der Waals surface area contributed by atoms with Crippen LogP contribution in [0.1, 0.15) is 44.9 Å².